The Morgan fingerprint density at radius 3 is 3.12 bits per heavy atom. The van der Waals surface area contributed by atoms with Gasteiger partial charge >= 0.3 is 0 Å². The summed E-state index contributed by atoms with van der Waals surface area (Å²) in [5.74, 6) is 2.39. The molecule has 0 aromatic carbocycles. The minimum Gasteiger partial charge on any atom is -0.384 e. The van der Waals surface area contributed by atoms with Crippen molar-refractivity contribution in [3.05, 3.63) is 42.6 Å². The molecule has 128 valence electrons. The average molecular weight is 328 g/mol. The van der Waals surface area contributed by atoms with E-state index in [2.05, 4.69) is 31.2 Å². The molecule has 2 aromatic heterocycles. The van der Waals surface area contributed by atoms with Crippen LogP contribution in [0.3, 0.4) is 0 Å². The van der Waals surface area contributed by atoms with Crippen molar-refractivity contribution in [2.24, 2.45) is 10.9 Å². The van der Waals surface area contributed by atoms with Gasteiger partial charge in [0.1, 0.15) is 12.1 Å². The fourth-order valence-corrected chi connectivity index (χ4v) is 3.09. The first-order valence-electron chi connectivity index (χ1n) is 8.18. The maximum Gasteiger partial charge on any atom is 0.193 e. The Morgan fingerprint density at radius 1 is 1.46 bits per heavy atom. The van der Waals surface area contributed by atoms with Crippen LogP contribution in [0.25, 0.3) is 5.82 Å². The second kappa shape index (κ2) is 7.92. The molecule has 1 saturated heterocycles. The summed E-state index contributed by atoms with van der Waals surface area (Å²) in [7, 11) is 3.59. The highest BCUT2D eigenvalue weighted by molar-refractivity contribution is 5.80. The van der Waals surface area contributed by atoms with Gasteiger partial charge in [-0.3, -0.25) is 9.56 Å². The lowest BCUT2D eigenvalue weighted by Crippen LogP contribution is -2.40. The van der Waals surface area contributed by atoms with Gasteiger partial charge in [0, 0.05) is 63.9 Å². The number of ether oxygens (including phenoxy) is 1. The number of aromatic nitrogens is 3. The number of hydrogen-bond donors (Lipinski definition) is 1. The Balaban J connectivity index is 1.65. The molecule has 0 amide bonds. The predicted octanol–water partition coefficient (Wildman–Crippen LogP) is 1.31. The molecule has 0 spiro atoms. The summed E-state index contributed by atoms with van der Waals surface area (Å²) >= 11 is 0. The van der Waals surface area contributed by atoms with E-state index in [1.165, 1.54) is 0 Å². The number of methoxy groups -OCH3 is 1. The van der Waals surface area contributed by atoms with Crippen LogP contribution in [0, 0.1) is 5.92 Å². The van der Waals surface area contributed by atoms with Gasteiger partial charge in [0.15, 0.2) is 5.96 Å². The fourth-order valence-electron chi connectivity index (χ4n) is 3.09. The van der Waals surface area contributed by atoms with Crippen LogP contribution in [-0.2, 0) is 11.3 Å². The highest BCUT2D eigenvalue weighted by Gasteiger charge is 2.24. The van der Waals surface area contributed by atoms with Crippen LogP contribution in [0.5, 0.6) is 0 Å². The first-order chi connectivity index (χ1) is 11.8. The molecule has 7 heteroatoms. The number of nitrogens with one attached hydrogen (secondary N) is 1. The molecule has 0 bridgehead atoms. The molecule has 1 aliphatic rings. The Kier molecular flexibility index (Phi) is 5.43. The van der Waals surface area contributed by atoms with Crippen LogP contribution >= 0.6 is 0 Å². The van der Waals surface area contributed by atoms with Crippen LogP contribution in [0.1, 0.15) is 12.0 Å². The highest BCUT2D eigenvalue weighted by atomic mass is 16.5. The molecular weight excluding hydrogens is 304 g/mol. The van der Waals surface area contributed by atoms with Crippen molar-refractivity contribution in [2.75, 3.05) is 33.9 Å². The quantitative estimate of drug-likeness (QED) is 0.662. The van der Waals surface area contributed by atoms with Gasteiger partial charge in [0.05, 0.1) is 6.61 Å². The normalized spacial score (nSPS) is 18.2. The number of imidazole rings is 1. The SMILES string of the molecule is CN=C(NCc1cccnc1-n1ccnc1)N1CCC(COC)C1. The van der Waals surface area contributed by atoms with E-state index in [9.17, 15) is 0 Å². The lowest BCUT2D eigenvalue weighted by atomic mass is 10.1. The second-order valence-electron chi connectivity index (χ2n) is 5.91. The zero-order valence-electron chi connectivity index (χ0n) is 14.2. The van der Waals surface area contributed by atoms with E-state index < -0.39 is 0 Å². The van der Waals surface area contributed by atoms with Crippen molar-refractivity contribution in [1.82, 2.24) is 24.8 Å². The van der Waals surface area contributed by atoms with Crippen LogP contribution in [0.2, 0.25) is 0 Å². The average Bonchev–Trinajstić information content (AvgIpc) is 3.28. The molecule has 0 saturated carbocycles. The number of aliphatic imine (C=N–C) groups is 1. The van der Waals surface area contributed by atoms with Crippen molar-refractivity contribution in [3.63, 3.8) is 0 Å². The van der Waals surface area contributed by atoms with E-state index in [-0.39, 0.29) is 0 Å². The summed E-state index contributed by atoms with van der Waals surface area (Å²) in [6.45, 7) is 3.46. The summed E-state index contributed by atoms with van der Waals surface area (Å²) in [6.07, 6.45) is 8.35. The smallest absolute Gasteiger partial charge is 0.193 e. The lowest BCUT2D eigenvalue weighted by Gasteiger charge is -2.22. The molecule has 3 heterocycles. The van der Waals surface area contributed by atoms with E-state index in [0.717, 1.165) is 43.5 Å². The molecule has 0 aliphatic carbocycles. The summed E-state index contributed by atoms with van der Waals surface area (Å²) in [5.41, 5.74) is 1.10. The first kappa shape index (κ1) is 16.4. The predicted molar refractivity (Wildman–Crippen MR) is 93.1 cm³/mol. The van der Waals surface area contributed by atoms with Crippen molar-refractivity contribution in [3.8, 4) is 5.82 Å². The minimum atomic E-state index is 0.577. The lowest BCUT2D eigenvalue weighted by molar-refractivity contribution is 0.157. The fraction of sp³-hybridized carbons (Fsp3) is 0.471. The van der Waals surface area contributed by atoms with E-state index in [0.29, 0.717) is 12.5 Å². The van der Waals surface area contributed by atoms with Crippen LogP contribution in [-0.4, -0.2) is 59.2 Å². The largest absolute Gasteiger partial charge is 0.384 e. The number of hydrogen-bond acceptors (Lipinski definition) is 4. The maximum absolute atomic E-state index is 5.27. The zero-order valence-corrected chi connectivity index (χ0v) is 14.2. The van der Waals surface area contributed by atoms with Gasteiger partial charge in [-0.15, -0.1) is 0 Å². The molecular formula is C17H24N6O. The Labute approximate surface area is 142 Å². The van der Waals surface area contributed by atoms with Gasteiger partial charge < -0.3 is 15.0 Å². The molecule has 1 unspecified atom stereocenters. The summed E-state index contributed by atoms with van der Waals surface area (Å²) in [5, 5.41) is 3.45. The molecule has 24 heavy (non-hydrogen) atoms. The first-order valence-corrected chi connectivity index (χ1v) is 8.18. The Bertz CT molecular complexity index is 669. The maximum atomic E-state index is 5.27. The third kappa shape index (κ3) is 3.73. The molecule has 1 N–H and O–H groups in total. The second-order valence-corrected chi connectivity index (χ2v) is 5.91. The number of guanidine groups is 1. The molecule has 1 fully saturated rings. The third-order valence-electron chi connectivity index (χ3n) is 4.25. The number of likely N-dealkylation sites (tertiary alicyclic amines) is 1. The Morgan fingerprint density at radius 2 is 2.38 bits per heavy atom. The zero-order chi connectivity index (χ0) is 16.8. The van der Waals surface area contributed by atoms with Crippen molar-refractivity contribution in [2.45, 2.75) is 13.0 Å². The topological polar surface area (TPSA) is 67.6 Å². The molecule has 2 aromatic rings. The summed E-state index contributed by atoms with van der Waals surface area (Å²) in [4.78, 5) is 15.3. The van der Waals surface area contributed by atoms with Crippen molar-refractivity contribution in [1.29, 1.82) is 0 Å². The standard InChI is InChI=1S/C17H24N6O/c1-18-17(22-8-5-14(11-22)12-24-2)21-10-15-4-3-6-20-16(15)23-9-7-19-13-23/h3-4,6-7,9,13-14H,5,8,10-12H2,1-2H3,(H,18,21). The van der Waals surface area contributed by atoms with Crippen molar-refractivity contribution < 1.29 is 4.74 Å². The minimum absolute atomic E-state index is 0.577. The molecule has 7 nitrogen and oxygen atoms in total. The number of pyridine rings is 1. The molecule has 1 aliphatic heterocycles. The molecule has 3 rings (SSSR count). The van der Waals surface area contributed by atoms with Gasteiger partial charge in [-0.2, -0.15) is 0 Å². The molecule has 1 atom stereocenters. The Hall–Kier alpha value is -2.41. The van der Waals surface area contributed by atoms with Crippen molar-refractivity contribution >= 4 is 5.96 Å². The number of nitrogens with zero attached hydrogens (tertiary/aromatic N) is 5. The van der Waals surface area contributed by atoms with Crippen LogP contribution in [0.15, 0.2) is 42.0 Å². The van der Waals surface area contributed by atoms with Crippen LogP contribution in [0.4, 0.5) is 0 Å². The third-order valence-corrected chi connectivity index (χ3v) is 4.25. The van der Waals surface area contributed by atoms with Gasteiger partial charge in [0.25, 0.3) is 0 Å². The highest BCUT2D eigenvalue weighted by Crippen LogP contribution is 2.17. The van der Waals surface area contributed by atoms with E-state index in [1.807, 2.05) is 23.9 Å². The van der Waals surface area contributed by atoms with E-state index in [1.54, 1.807) is 25.8 Å². The van der Waals surface area contributed by atoms with E-state index >= 15 is 0 Å². The van der Waals surface area contributed by atoms with Gasteiger partial charge in [-0.1, -0.05) is 6.07 Å². The van der Waals surface area contributed by atoms with Gasteiger partial charge in [-0.05, 0) is 12.5 Å². The van der Waals surface area contributed by atoms with E-state index in [4.69, 9.17) is 4.74 Å². The summed E-state index contributed by atoms with van der Waals surface area (Å²) in [6, 6.07) is 4.02. The monoisotopic (exact) mass is 328 g/mol. The van der Waals surface area contributed by atoms with Crippen LogP contribution < -0.4 is 5.32 Å². The summed E-state index contributed by atoms with van der Waals surface area (Å²) < 4.78 is 7.19. The van der Waals surface area contributed by atoms with Gasteiger partial charge in [0.2, 0.25) is 0 Å². The number of rotatable bonds is 5. The van der Waals surface area contributed by atoms with Gasteiger partial charge in [-0.25, -0.2) is 9.97 Å². The molecule has 0 radical (unpaired) electrons.